The van der Waals surface area contributed by atoms with Crippen LogP contribution >= 0.6 is 0 Å². The van der Waals surface area contributed by atoms with Gasteiger partial charge in [-0.2, -0.15) is 5.10 Å². The molecule has 0 aliphatic carbocycles. The highest BCUT2D eigenvalue weighted by molar-refractivity contribution is 5.79. The second kappa shape index (κ2) is 7.44. The number of nitrogen functional groups attached to an aromatic ring is 1. The summed E-state index contributed by atoms with van der Waals surface area (Å²) < 4.78 is 12.1. The van der Waals surface area contributed by atoms with Crippen LogP contribution < -0.4 is 10.5 Å². The van der Waals surface area contributed by atoms with E-state index in [9.17, 15) is 0 Å². The summed E-state index contributed by atoms with van der Waals surface area (Å²) in [7, 11) is 1.68. The number of aromatic nitrogens is 2. The van der Waals surface area contributed by atoms with Gasteiger partial charge in [-0.05, 0) is 36.8 Å². The predicted octanol–water partition coefficient (Wildman–Crippen LogP) is 2.07. The molecule has 1 aromatic carbocycles. The first-order valence-electron chi connectivity index (χ1n) is 6.76. The summed E-state index contributed by atoms with van der Waals surface area (Å²) in [5.74, 6) is 1.21. The van der Waals surface area contributed by atoms with Crippen molar-refractivity contribution in [2.24, 2.45) is 5.10 Å². The Morgan fingerprint density at radius 1 is 1.29 bits per heavy atom. The maximum absolute atomic E-state index is 5.72. The van der Waals surface area contributed by atoms with Crippen molar-refractivity contribution < 1.29 is 9.47 Å². The molecule has 0 atom stereocenters. The van der Waals surface area contributed by atoms with E-state index in [4.69, 9.17) is 15.2 Å². The smallest absolute Gasteiger partial charge is 0.221 e. The van der Waals surface area contributed by atoms with Crippen LogP contribution in [0.3, 0.4) is 0 Å². The number of benzene rings is 1. The van der Waals surface area contributed by atoms with E-state index in [1.807, 2.05) is 31.2 Å². The molecule has 6 heteroatoms. The van der Waals surface area contributed by atoms with Crippen molar-refractivity contribution in [1.82, 2.24) is 9.66 Å². The third-order valence-electron chi connectivity index (χ3n) is 2.81. The fraction of sp³-hybridized carbons (Fsp3) is 0.333. The van der Waals surface area contributed by atoms with Gasteiger partial charge in [-0.1, -0.05) is 0 Å². The molecule has 1 heterocycles. The zero-order valence-corrected chi connectivity index (χ0v) is 12.3. The van der Waals surface area contributed by atoms with Gasteiger partial charge in [-0.3, -0.25) is 0 Å². The molecule has 0 saturated heterocycles. The molecule has 6 nitrogen and oxygen atoms in total. The summed E-state index contributed by atoms with van der Waals surface area (Å²) in [6.45, 7) is 3.22. The number of rotatable bonds is 7. The Morgan fingerprint density at radius 3 is 2.67 bits per heavy atom. The molecule has 0 radical (unpaired) electrons. The Balaban J connectivity index is 1.91. The average Bonchev–Trinajstić information content (AvgIpc) is 2.81. The summed E-state index contributed by atoms with van der Waals surface area (Å²) in [6, 6.07) is 7.71. The minimum absolute atomic E-state index is 0.377. The molecule has 0 aliphatic rings. The van der Waals surface area contributed by atoms with Crippen LogP contribution in [0.4, 0.5) is 5.95 Å². The fourth-order valence-electron chi connectivity index (χ4n) is 1.77. The molecule has 0 amide bonds. The molecule has 0 unspecified atom stereocenters. The maximum atomic E-state index is 5.72. The number of hydrogen-bond donors (Lipinski definition) is 1. The maximum Gasteiger partial charge on any atom is 0.221 e. The van der Waals surface area contributed by atoms with E-state index in [1.54, 1.807) is 24.2 Å². The number of methoxy groups -OCH3 is 1. The molecule has 1 aromatic heterocycles. The summed E-state index contributed by atoms with van der Waals surface area (Å²) in [5.41, 5.74) is 7.52. The first-order chi connectivity index (χ1) is 10.2. The van der Waals surface area contributed by atoms with Crippen molar-refractivity contribution in [3.05, 3.63) is 41.7 Å². The SMILES string of the molecule is COCCCOc1ccc(C=Nn2cc(C)nc2N)cc1. The van der Waals surface area contributed by atoms with Crippen LogP contribution in [0.2, 0.25) is 0 Å². The first kappa shape index (κ1) is 15.1. The molecule has 112 valence electrons. The lowest BCUT2D eigenvalue weighted by Gasteiger charge is -2.05. The lowest BCUT2D eigenvalue weighted by Crippen LogP contribution is -2.01. The highest BCUT2D eigenvalue weighted by Crippen LogP contribution is 2.12. The second-order valence-corrected chi connectivity index (χ2v) is 4.59. The summed E-state index contributed by atoms with van der Waals surface area (Å²) in [6.07, 6.45) is 4.38. The molecule has 0 bridgehead atoms. The van der Waals surface area contributed by atoms with Gasteiger partial charge in [0.15, 0.2) is 0 Å². The van der Waals surface area contributed by atoms with Crippen molar-refractivity contribution in [3.8, 4) is 5.75 Å². The highest BCUT2D eigenvalue weighted by Gasteiger charge is 1.98. The molecule has 2 rings (SSSR count). The van der Waals surface area contributed by atoms with Crippen molar-refractivity contribution in [3.63, 3.8) is 0 Å². The Labute approximate surface area is 124 Å². The number of ether oxygens (including phenoxy) is 2. The Bertz CT molecular complexity index is 590. The quantitative estimate of drug-likeness (QED) is 0.625. The van der Waals surface area contributed by atoms with E-state index in [0.29, 0.717) is 19.2 Å². The van der Waals surface area contributed by atoms with Gasteiger partial charge >= 0.3 is 0 Å². The Hall–Kier alpha value is -2.34. The lowest BCUT2D eigenvalue weighted by atomic mass is 10.2. The van der Waals surface area contributed by atoms with E-state index in [2.05, 4.69) is 10.1 Å². The number of nitrogens with two attached hydrogens (primary N) is 1. The number of nitrogens with zero attached hydrogens (tertiary/aromatic N) is 3. The van der Waals surface area contributed by atoms with Gasteiger partial charge in [0.2, 0.25) is 5.95 Å². The number of imidazole rings is 1. The van der Waals surface area contributed by atoms with E-state index in [1.165, 1.54) is 0 Å². The molecule has 0 saturated carbocycles. The van der Waals surface area contributed by atoms with Crippen molar-refractivity contribution in [2.45, 2.75) is 13.3 Å². The Morgan fingerprint density at radius 2 is 2.05 bits per heavy atom. The van der Waals surface area contributed by atoms with E-state index in [-0.39, 0.29) is 0 Å². The molecule has 21 heavy (non-hydrogen) atoms. The van der Waals surface area contributed by atoms with Gasteiger partial charge < -0.3 is 15.2 Å². The van der Waals surface area contributed by atoms with Crippen LogP contribution in [0.1, 0.15) is 17.7 Å². The fourth-order valence-corrected chi connectivity index (χ4v) is 1.77. The lowest BCUT2D eigenvalue weighted by molar-refractivity contribution is 0.172. The normalized spacial score (nSPS) is 11.1. The second-order valence-electron chi connectivity index (χ2n) is 4.59. The minimum Gasteiger partial charge on any atom is -0.494 e. The first-order valence-corrected chi connectivity index (χ1v) is 6.76. The molecular weight excluding hydrogens is 268 g/mol. The van der Waals surface area contributed by atoms with E-state index in [0.717, 1.165) is 23.4 Å². The zero-order valence-electron chi connectivity index (χ0n) is 12.3. The summed E-state index contributed by atoms with van der Waals surface area (Å²) in [5, 5.41) is 4.26. The average molecular weight is 288 g/mol. The molecular formula is C15H20N4O2. The summed E-state index contributed by atoms with van der Waals surface area (Å²) >= 11 is 0. The van der Waals surface area contributed by atoms with Crippen molar-refractivity contribution in [2.75, 3.05) is 26.1 Å². The van der Waals surface area contributed by atoms with Gasteiger partial charge in [-0.15, -0.1) is 0 Å². The largest absolute Gasteiger partial charge is 0.494 e. The summed E-state index contributed by atoms with van der Waals surface area (Å²) in [4.78, 5) is 4.08. The van der Waals surface area contributed by atoms with Gasteiger partial charge in [0.05, 0.1) is 24.7 Å². The topological polar surface area (TPSA) is 74.7 Å². The molecule has 2 aromatic rings. The van der Waals surface area contributed by atoms with Gasteiger partial charge in [-0.25, -0.2) is 9.66 Å². The van der Waals surface area contributed by atoms with Crippen LogP contribution in [0, 0.1) is 6.92 Å². The van der Waals surface area contributed by atoms with Crippen LogP contribution in [0.25, 0.3) is 0 Å². The van der Waals surface area contributed by atoms with Gasteiger partial charge in [0, 0.05) is 20.1 Å². The van der Waals surface area contributed by atoms with Crippen LogP contribution in [-0.4, -0.2) is 36.2 Å². The monoisotopic (exact) mass is 288 g/mol. The van der Waals surface area contributed by atoms with Crippen molar-refractivity contribution >= 4 is 12.2 Å². The van der Waals surface area contributed by atoms with Gasteiger partial charge in [0.25, 0.3) is 0 Å². The molecule has 2 N–H and O–H groups in total. The predicted molar refractivity (Wildman–Crippen MR) is 82.8 cm³/mol. The van der Waals surface area contributed by atoms with Crippen LogP contribution in [0.5, 0.6) is 5.75 Å². The number of hydrogen-bond acceptors (Lipinski definition) is 5. The molecule has 0 spiro atoms. The minimum atomic E-state index is 0.377. The third kappa shape index (κ3) is 4.61. The molecule has 0 aliphatic heterocycles. The highest BCUT2D eigenvalue weighted by atomic mass is 16.5. The van der Waals surface area contributed by atoms with Gasteiger partial charge in [0.1, 0.15) is 5.75 Å². The van der Waals surface area contributed by atoms with E-state index < -0.39 is 0 Å². The van der Waals surface area contributed by atoms with Crippen LogP contribution in [0.15, 0.2) is 35.6 Å². The third-order valence-corrected chi connectivity index (χ3v) is 2.81. The van der Waals surface area contributed by atoms with E-state index >= 15 is 0 Å². The van der Waals surface area contributed by atoms with Crippen LogP contribution in [-0.2, 0) is 4.74 Å². The zero-order chi connectivity index (χ0) is 15.1. The number of anilines is 1. The standard InChI is InChI=1S/C15H20N4O2/c1-12-11-19(15(16)18-12)17-10-13-4-6-14(7-5-13)21-9-3-8-20-2/h4-7,10-11H,3,8-9H2,1-2H3,(H2,16,18). The number of aryl methyl sites for hydroxylation is 1. The molecule has 0 fully saturated rings. The Kier molecular flexibility index (Phi) is 5.34. The van der Waals surface area contributed by atoms with Crippen molar-refractivity contribution in [1.29, 1.82) is 0 Å².